The Kier molecular flexibility index (Phi) is 4.94. The van der Waals surface area contributed by atoms with Crippen molar-refractivity contribution >= 4 is 8.56 Å². The molecule has 78 valence electrons. The van der Waals surface area contributed by atoms with Gasteiger partial charge in [-0.1, -0.05) is 12.8 Å². The predicted molar refractivity (Wildman–Crippen MR) is 56.1 cm³/mol. The van der Waals surface area contributed by atoms with E-state index < -0.39 is 8.56 Å². The van der Waals surface area contributed by atoms with E-state index in [0.29, 0.717) is 0 Å². The van der Waals surface area contributed by atoms with Crippen molar-refractivity contribution in [2.45, 2.75) is 31.9 Å². The fourth-order valence-electron chi connectivity index (χ4n) is 1.57. The van der Waals surface area contributed by atoms with Crippen molar-refractivity contribution in [3.8, 4) is 0 Å². The first-order valence-electron chi connectivity index (χ1n) is 5.17. The molecule has 0 amide bonds. The molecular weight excluding hydrogens is 182 g/mol. The van der Waals surface area contributed by atoms with Gasteiger partial charge < -0.3 is 14.2 Å². The molecular formula is C9H21NO2Si. The monoisotopic (exact) mass is 203 g/mol. The molecule has 1 unspecified atom stereocenters. The number of hydrogen-bond acceptors (Lipinski definition) is 3. The maximum absolute atomic E-state index is 5.81. The van der Waals surface area contributed by atoms with Gasteiger partial charge >= 0.3 is 8.56 Å². The first kappa shape index (κ1) is 11.2. The molecule has 1 aliphatic heterocycles. The first-order valence-corrected chi connectivity index (χ1v) is 7.69. The summed E-state index contributed by atoms with van der Waals surface area (Å²) in [6.07, 6.45) is 3.83. The van der Waals surface area contributed by atoms with E-state index in [1.807, 2.05) is 0 Å². The van der Waals surface area contributed by atoms with Gasteiger partial charge in [0.1, 0.15) is 0 Å². The second kappa shape index (κ2) is 5.75. The number of nitrogens with one attached hydrogen (secondary N) is 1. The highest BCUT2D eigenvalue weighted by Crippen LogP contribution is 2.17. The summed E-state index contributed by atoms with van der Waals surface area (Å²) in [7, 11) is -0.00455. The molecule has 1 saturated heterocycles. The van der Waals surface area contributed by atoms with E-state index in [2.05, 4.69) is 11.9 Å². The Balaban J connectivity index is 2.34. The molecule has 0 aromatic heterocycles. The second-order valence-electron chi connectivity index (χ2n) is 3.75. The van der Waals surface area contributed by atoms with Gasteiger partial charge in [-0.2, -0.15) is 0 Å². The highest BCUT2D eigenvalue weighted by molar-refractivity contribution is 6.65. The molecule has 1 N–H and O–H groups in total. The zero-order chi connectivity index (χ0) is 9.57. The summed E-state index contributed by atoms with van der Waals surface area (Å²) >= 11 is 0. The third-order valence-corrected chi connectivity index (χ3v) is 5.54. The molecule has 0 aromatic carbocycles. The fraction of sp³-hybridized carbons (Fsp3) is 1.00. The van der Waals surface area contributed by atoms with Crippen LogP contribution in [-0.4, -0.2) is 35.4 Å². The van der Waals surface area contributed by atoms with Crippen molar-refractivity contribution in [3.05, 3.63) is 0 Å². The van der Waals surface area contributed by atoms with Crippen LogP contribution in [0.25, 0.3) is 0 Å². The Morgan fingerprint density at radius 2 is 2.08 bits per heavy atom. The van der Waals surface area contributed by atoms with Crippen LogP contribution in [0.15, 0.2) is 0 Å². The molecule has 1 rings (SSSR count). The zero-order valence-corrected chi connectivity index (χ0v) is 9.77. The molecule has 4 heteroatoms. The smallest absolute Gasteiger partial charge is 0.334 e. The maximum atomic E-state index is 5.81. The average Bonchev–Trinajstić information content (AvgIpc) is 2.16. The highest BCUT2D eigenvalue weighted by Gasteiger charge is 2.29. The van der Waals surface area contributed by atoms with Gasteiger partial charge in [-0.15, -0.1) is 0 Å². The van der Waals surface area contributed by atoms with Crippen molar-refractivity contribution in [2.24, 2.45) is 0 Å². The van der Waals surface area contributed by atoms with Crippen LogP contribution in [-0.2, 0) is 8.85 Å². The van der Waals surface area contributed by atoms with Crippen molar-refractivity contribution in [1.82, 2.24) is 5.32 Å². The molecule has 0 aliphatic carbocycles. The summed E-state index contributed by atoms with van der Waals surface area (Å²) in [6, 6.07) is 1.14. The summed E-state index contributed by atoms with van der Waals surface area (Å²) in [5, 5.41) is 3.36. The van der Waals surface area contributed by atoms with E-state index >= 15 is 0 Å². The van der Waals surface area contributed by atoms with Crippen molar-refractivity contribution in [2.75, 3.05) is 26.8 Å². The minimum Gasteiger partial charge on any atom is -0.398 e. The summed E-state index contributed by atoms with van der Waals surface area (Å²) in [6.45, 7) is 5.06. The van der Waals surface area contributed by atoms with E-state index in [1.54, 1.807) is 7.11 Å². The van der Waals surface area contributed by atoms with Crippen LogP contribution < -0.4 is 5.32 Å². The average molecular weight is 203 g/mol. The van der Waals surface area contributed by atoms with Crippen LogP contribution in [0, 0.1) is 0 Å². The Morgan fingerprint density at radius 3 is 2.85 bits per heavy atom. The molecule has 0 aromatic rings. The van der Waals surface area contributed by atoms with E-state index in [0.717, 1.165) is 25.7 Å². The summed E-state index contributed by atoms with van der Waals surface area (Å²) in [5.74, 6) is 0. The van der Waals surface area contributed by atoms with Gasteiger partial charge in [0.15, 0.2) is 0 Å². The van der Waals surface area contributed by atoms with Crippen LogP contribution in [0.3, 0.4) is 0 Å². The van der Waals surface area contributed by atoms with Crippen LogP contribution in [0.5, 0.6) is 0 Å². The summed E-state index contributed by atoms with van der Waals surface area (Å²) in [5.41, 5.74) is 0. The largest absolute Gasteiger partial charge is 0.398 e. The molecule has 1 atom stereocenters. The summed E-state index contributed by atoms with van der Waals surface area (Å²) in [4.78, 5) is 0. The van der Waals surface area contributed by atoms with Gasteiger partial charge in [0.2, 0.25) is 0 Å². The third kappa shape index (κ3) is 4.22. The topological polar surface area (TPSA) is 30.5 Å². The molecule has 1 aliphatic rings. The predicted octanol–water partition coefficient (Wildman–Crippen LogP) is 1.49. The lowest BCUT2D eigenvalue weighted by molar-refractivity contribution is 0.201. The van der Waals surface area contributed by atoms with Crippen molar-refractivity contribution in [3.63, 3.8) is 0 Å². The van der Waals surface area contributed by atoms with Crippen LogP contribution in [0.1, 0.15) is 19.3 Å². The quantitative estimate of drug-likeness (QED) is 0.655. The maximum Gasteiger partial charge on any atom is 0.334 e. The lowest BCUT2D eigenvalue weighted by Crippen LogP contribution is -2.40. The Bertz CT molecular complexity index is 134. The fourth-order valence-corrected chi connectivity index (χ4v) is 3.46. The lowest BCUT2D eigenvalue weighted by Gasteiger charge is -2.26. The molecule has 0 saturated carbocycles. The molecule has 1 heterocycles. The first-order chi connectivity index (χ1) is 6.27. The normalized spacial score (nSPS) is 32.8. The second-order valence-corrected chi connectivity index (χ2v) is 7.21. The van der Waals surface area contributed by atoms with Gasteiger partial charge in [-0.25, -0.2) is 0 Å². The summed E-state index contributed by atoms with van der Waals surface area (Å²) < 4.78 is 11.3. The molecule has 3 nitrogen and oxygen atoms in total. The lowest BCUT2D eigenvalue weighted by atomic mass is 10.2. The highest BCUT2D eigenvalue weighted by atomic mass is 28.4. The van der Waals surface area contributed by atoms with Crippen LogP contribution >= 0.6 is 0 Å². The van der Waals surface area contributed by atoms with E-state index in [4.69, 9.17) is 8.85 Å². The van der Waals surface area contributed by atoms with Gasteiger partial charge in [0.25, 0.3) is 0 Å². The zero-order valence-electron chi connectivity index (χ0n) is 8.77. The van der Waals surface area contributed by atoms with Crippen LogP contribution in [0.4, 0.5) is 0 Å². The van der Waals surface area contributed by atoms with Gasteiger partial charge in [0.05, 0.1) is 0 Å². The minimum atomic E-state index is -1.79. The van der Waals surface area contributed by atoms with Gasteiger partial charge in [0, 0.05) is 20.3 Å². The molecule has 0 bridgehead atoms. The van der Waals surface area contributed by atoms with Crippen LogP contribution in [0.2, 0.25) is 12.6 Å². The third-order valence-electron chi connectivity index (χ3n) is 2.60. The van der Waals surface area contributed by atoms with Crippen molar-refractivity contribution < 1.29 is 8.85 Å². The SMILES string of the molecule is CO[Si]1(C)CCCCCNCCO1. The van der Waals surface area contributed by atoms with Gasteiger partial charge in [-0.05, 0) is 25.6 Å². The van der Waals surface area contributed by atoms with Gasteiger partial charge in [-0.3, -0.25) is 0 Å². The standard InChI is InChI=1S/C9H21NO2Si/c1-11-13(2)9-5-3-4-6-10-7-8-12-13/h10H,3-9H2,1-2H3. The Labute approximate surface area is 82.1 Å². The van der Waals surface area contributed by atoms with E-state index in [9.17, 15) is 0 Å². The molecule has 13 heavy (non-hydrogen) atoms. The van der Waals surface area contributed by atoms with E-state index in [-0.39, 0.29) is 0 Å². The molecule has 0 spiro atoms. The Morgan fingerprint density at radius 1 is 1.23 bits per heavy atom. The van der Waals surface area contributed by atoms with E-state index in [1.165, 1.54) is 19.3 Å². The molecule has 0 radical (unpaired) electrons. The minimum absolute atomic E-state index is 0.802. The Hall–Kier alpha value is 0.0969. The molecule has 1 fully saturated rings. The van der Waals surface area contributed by atoms with Crippen molar-refractivity contribution in [1.29, 1.82) is 0 Å². The number of hydrogen-bond donors (Lipinski definition) is 1. The number of rotatable bonds is 1.